The van der Waals surface area contributed by atoms with Crippen molar-refractivity contribution in [3.05, 3.63) is 24.3 Å². The summed E-state index contributed by atoms with van der Waals surface area (Å²) in [5, 5.41) is 8.79. The molecule has 44 valence electrons. The largest absolute Gasteiger partial charge is 0.506 e. The number of anilines is 1. The van der Waals surface area contributed by atoms with Crippen LogP contribution in [0.5, 0.6) is 5.75 Å². The van der Waals surface area contributed by atoms with E-state index >= 15 is 0 Å². The molecule has 0 spiro atoms. The summed E-state index contributed by atoms with van der Waals surface area (Å²) >= 11 is 0. The molecule has 2 radical (unpaired) electrons. The first-order valence-electron chi connectivity index (χ1n) is 2.34. The molecule has 0 amide bonds. The molecule has 0 bridgehead atoms. The molecule has 1 aromatic carbocycles. The van der Waals surface area contributed by atoms with Crippen LogP contribution in [0.3, 0.4) is 0 Å². The van der Waals surface area contributed by atoms with Gasteiger partial charge in [0.25, 0.3) is 0 Å². The summed E-state index contributed by atoms with van der Waals surface area (Å²) in [6.45, 7) is 0. The molecule has 0 aliphatic rings. The van der Waals surface area contributed by atoms with E-state index in [1.165, 1.54) is 0 Å². The number of phenolic OH excluding ortho intramolecular Hbond substituents is 1. The number of hydrogen-bond donors (Lipinski definition) is 2. The van der Waals surface area contributed by atoms with Gasteiger partial charge in [0.1, 0.15) is 5.75 Å². The predicted octanol–water partition coefficient (Wildman–Crippen LogP) is 0.594. The van der Waals surface area contributed by atoms with E-state index in [9.17, 15) is 0 Å². The van der Waals surface area contributed by atoms with Gasteiger partial charge in [0.05, 0.1) is 5.69 Å². The Morgan fingerprint density at radius 3 is 2.11 bits per heavy atom. The number of nitrogen functional groups attached to an aromatic ring is 1. The molecule has 9 heavy (non-hydrogen) atoms. The standard InChI is InChI=1S/C6H7NO.Ca/c7-5-3-1-2-4-6(5)8;/h1-4,8H,7H2;. The van der Waals surface area contributed by atoms with Crippen LogP contribution in [-0.4, -0.2) is 42.8 Å². The van der Waals surface area contributed by atoms with E-state index in [-0.39, 0.29) is 43.5 Å². The van der Waals surface area contributed by atoms with Gasteiger partial charge in [0, 0.05) is 37.7 Å². The minimum atomic E-state index is 0. The normalized spacial score (nSPS) is 8.00. The number of aromatic hydroxyl groups is 1. The van der Waals surface area contributed by atoms with Gasteiger partial charge in [-0.15, -0.1) is 0 Å². The molecule has 0 heterocycles. The minimum absolute atomic E-state index is 0. The van der Waals surface area contributed by atoms with E-state index in [4.69, 9.17) is 10.8 Å². The zero-order valence-electron chi connectivity index (χ0n) is 5.04. The van der Waals surface area contributed by atoms with Crippen molar-refractivity contribution < 1.29 is 5.11 Å². The molecule has 3 heteroatoms. The molecule has 0 aromatic heterocycles. The Kier molecular flexibility index (Phi) is 4.02. The SMILES string of the molecule is Nc1ccccc1O.[Ca]. The number of benzene rings is 1. The zero-order chi connectivity index (χ0) is 5.98. The third-order valence-corrected chi connectivity index (χ3v) is 0.937. The average molecular weight is 149 g/mol. The third-order valence-electron chi connectivity index (χ3n) is 0.937. The smallest absolute Gasteiger partial charge is 0.138 e. The van der Waals surface area contributed by atoms with Crippen molar-refractivity contribution in [2.45, 2.75) is 0 Å². The Morgan fingerprint density at radius 2 is 1.78 bits per heavy atom. The van der Waals surface area contributed by atoms with Crippen LogP contribution in [0.15, 0.2) is 24.3 Å². The molecule has 0 unspecified atom stereocenters. The Hall–Kier alpha value is 0.0797. The molecule has 1 rings (SSSR count). The van der Waals surface area contributed by atoms with E-state index < -0.39 is 0 Å². The summed E-state index contributed by atoms with van der Waals surface area (Å²) in [5.74, 6) is 0.146. The first kappa shape index (κ1) is 9.08. The van der Waals surface area contributed by atoms with Gasteiger partial charge in [-0.2, -0.15) is 0 Å². The van der Waals surface area contributed by atoms with Crippen LogP contribution < -0.4 is 5.73 Å². The molecule has 3 N–H and O–H groups in total. The summed E-state index contributed by atoms with van der Waals surface area (Å²) in [6.07, 6.45) is 0. The zero-order valence-corrected chi connectivity index (χ0v) is 7.25. The van der Waals surface area contributed by atoms with Crippen LogP contribution in [-0.2, 0) is 0 Å². The van der Waals surface area contributed by atoms with Gasteiger partial charge in [-0.05, 0) is 12.1 Å². The van der Waals surface area contributed by atoms with Gasteiger partial charge < -0.3 is 10.8 Å². The van der Waals surface area contributed by atoms with E-state index in [0.29, 0.717) is 5.69 Å². The Labute approximate surface area is 83.7 Å². The van der Waals surface area contributed by atoms with Gasteiger partial charge in [0.15, 0.2) is 0 Å². The van der Waals surface area contributed by atoms with E-state index in [2.05, 4.69) is 0 Å². The van der Waals surface area contributed by atoms with Crippen molar-refractivity contribution in [2.24, 2.45) is 0 Å². The Bertz CT molecular complexity index is 169. The van der Waals surface area contributed by atoms with Crippen molar-refractivity contribution in [1.82, 2.24) is 0 Å². The fraction of sp³-hybridized carbons (Fsp3) is 0. The van der Waals surface area contributed by atoms with Crippen LogP contribution in [0, 0.1) is 0 Å². The van der Waals surface area contributed by atoms with Crippen LogP contribution >= 0.6 is 0 Å². The number of rotatable bonds is 0. The first-order chi connectivity index (χ1) is 3.80. The maximum absolute atomic E-state index is 8.79. The molecule has 0 saturated heterocycles. The molecule has 0 saturated carbocycles. The molecule has 1 aromatic rings. The van der Waals surface area contributed by atoms with Gasteiger partial charge in [0.2, 0.25) is 0 Å². The van der Waals surface area contributed by atoms with Crippen molar-refractivity contribution in [3.8, 4) is 5.75 Å². The average Bonchev–Trinajstić information content (AvgIpc) is 1.77. The van der Waals surface area contributed by atoms with Gasteiger partial charge in [-0.3, -0.25) is 0 Å². The van der Waals surface area contributed by atoms with Gasteiger partial charge in [-0.1, -0.05) is 12.1 Å². The van der Waals surface area contributed by atoms with Crippen LogP contribution in [0.1, 0.15) is 0 Å². The maximum atomic E-state index is 8.79. The monoisotopic (exact) mass is 149 g/mol. The molecule has 2 nitrogen and oxygen atoms in total. The molecular formula is C6H7CaNO. The Morgan fingerprint density at radius 1 is 1.22 bits per heavy atom. The molecule has 0 aliphatic heterocycles. The van der Waals surface area contributed by atoms with Crippen LogP contribution in [0.2, 0.25) is 0 Å². The van der Waals surface area contributed by atoms with Crippen molar-refractivity contribution in [3.63, 3.8) is 0 Å². The fourth-order valence-corrected chi connectivity index (χ4v) is 0.488. The summed E-state index contributed by atoms with van der Waals surface area (Å²) in [4.78, 5) is 0. The molecular weight excluding hydrogens is 142 g/mol. The van der Waals surface area contributed by atoms with E-state index in [0.717, 1.165) is 0 Å². The first-order valence-corrected chi connectivity index (χ1v) is 2.34. The Balaban J connectivity index is 0.000000640. The van der Waals surface area contributed by atoms with E-state index in [1.807, 2.05) is 0 Å². The van der Waals surface area contributed by atoms with Gasteiger partial charge in [-0.25, -0.2) is 0 Å². The summed E-state index contributed by atoms with van der Waals surface area (Å²) in [6, 6.07) is 6.70. The summed E-state index contributed by atoms with van der Waals surface area (Å²) in [7, 11) is 0. The summed E-state index contributed by atoms with van der Waals surface area (Å²) < 4.78 is 0. The fourth-order valence-electron chi connectivity index (χ4n) is 0.488. The quantitative estimate of drug-likeness (QED) is 0.322. The van der Waals surface area contributed by atoms with Crippen LogP contribution in [0.25, 0.3) is 0 Å². The number of phenols is 1. The number of hydrogen-bond acceptors (Lipinski definition) is 2. The molecule has 0 aliphatic carbocycles. The van der Waals surface area contributed by atoms with Crippen molar-refractivity contribution >= 4 is 43.4 Å². The van der Waals surface area contributed by atoms with Crippen molar-refractivity contribution in [2.75, 3.05) is 5.73 Å². The topological polar surface area (TPSA) is 46.2 Å². The van der Waals surface area contributed by atoms with E-state index in [1.54, 1.807) is 24.3 Å². The number of nitrogens with two attached hydrogens (primary N) is 1. The number of para-hydroxylation sites is 2. The molecule has 0 atom stereocenters. The van der Waals surface area contributed by atoms with Crippen molar-refractivity contribution in [1.29, 1.82) is 0 Å². The van der Waals surface area contributed by atoms with Gasteiger partial charge >= 0.3 is 0 Å². The van der Waals surface area contributed by atoms with Crippen LogP contribution in [0.4, 0.5) is 5.69 Å². The second-order valence-electron chi connectivity index (χ2n) is 1.56. The predicted molar refractivity (Wildman–Crippen MR) is 38.3 cm³/mol. The third kappa shape index (κ3) is 2.43. The maximum Gasteiger partial charge on any atom is 0.138 e. The second-order valence-corrected chi connectivity index (χ2v) is 1.56. The minimum Gasteiger partial charge on any atom is -0.506 e. The summed E-state index contributed by atoms with van der Waals surface area (Å²) in [5.41, 5.74) is 5.69. The molecule has 0 fully saturated rings. The second kappa shape index (κ2) is 3.99.